The molecule has 1 aliphatic heterocycles. The van der Waals surface area contributed by atoms with Crippen molar-refractivity contribution in [2.24, 2.45) is 5.73 Å². The zero-order valence-corrected chi connectivity index (χ0v) is 7.54. The maximum Gasteiger partial charge on any atom is 0.0594 e. The molecule has 12 heavy (non-hydrogen) atoms. The van der Waals surface area contributed by atoms with Gasteiger partial charge in [0.1, 0.15) is 0 Å². The Morgan fingerprint density at radius 1 is 1.17 bits per heavy atom. The Kier molecular flexibility index (Phi) is 2.63. The highest BCUT2D eigenvalue weighted by atomic mass is 16.5. The van der Waals surface area contributed by atoms with Gasteiger partial charge in [-0.3, -0.25) is 4.90 Å². The van der Waals surface area contributed by atoms with Crippen LogP contribution in [0.2, 0.25) is 0 Å². The number of ether oxygens (including phenoxy) is 1. The Bertz CT molecular complexity index is 145. The molecule has 0 unspecified atom stereocenters. The molecule has 3 heteroatoms. The Morgan fingerprint density at radius 2 is 1.92 bits per heavy atom. The van der Waals surface area contributed by atoms with E-state index in [0.717, 1.165) is 26.3 Å². The fraction of sp³-hybridized carbons (Fsp3) is 1.00. The minimum Gasteiger partial charge on any atom is -0.379 e. The predicted molar refractivity (Wildman–Crippen MR) is 48.0 cm³/mol. The van der Waals surface area contributed by atoms with E-state index in [1.165, 1.54) is 19.3 Å². The van der Waals surface area contributed by atoms with Gasteiger partial charge in [-0.2, -0.15) is 0 Å². The molecule has 2 aliphatic rings. The standard InChI is InChI=1S/C9H18N2O/c10-8-2-1-3-9(8)11-4-6-12-7-5-11/h8-9H,1-7,10H2/t8-,9-/m1/s1. The molecule has 0 aromatic carbocycles. The molecule has 2 atom stereocenters. The van der Waals surface area contributed by atoms with E-state index in [1.807, 2.05) is 0 Å². The van der Waals surface area contributed by atoms with Crippen LogP contribution in [0.4, 0.5) is 0 Å². The van der Waals surface area contributed by atoms with Crippen LogP contribution in [-0.2, 0) is 4.74 Å². The highest BCUT2D eigenvalue weighted by molar-refractivity contribution is 4.88. The lowest BCUT2D eigenvalue weighted by Gasteiger charge is -2.34. The summed E-state index contributed by atoms with van der Waals surface area (Å²) >= 11 is 0. The van der Waals surface area contributed by atoms with Gasteiger partial charge in [-0.15, -0.1) is 0 Å². The quantitative estimate of drug-likeness (QED) is 0.611. The summed E-state index contributed by atoms with van der Waals surface area (Å²) in [6.45, 7) is 3.95. The normalized spacial score (nSPS) is 38.8. The lowest BCUT2D eigenvalue weighted by molar-refractivity contribution is 0.0150. The molecule has 0 bridgehead atoms. The third kappa shape index (κ3) is 1.63. The summed E-state index contributed by atoms with van der Waals surface area (Å²) in [5, 5.41) is 0. The highest BCUT2D eigenvalue weighted by Gasteiger charge is 2.29. The lowest BCUT2D eigenvalue weighted by Crippen LogP contribution is -2.49. The number of hydrogen-bond donors (Lipinski definition) is 1. The van der Waals surface area contributed by atoms with Crippen molar-refractivity contribution in [1.29, 1.82) is 0 Å². The van der Waals surface area contributed by atoms with Gasteiger partial charge < -0.3 is 10.5 Å². The fourth-order valence-electron chi connectivity index (χ4n) is 2.33. The second-order valence-electron chi connectivity index (χ2n) is 3.81. The van der Waals surface area contributed by atoms with Gasteiger partial charge in [0, 0.05) is 25.2 Å². The van der Waals surface area contributed by atoms with Crippen LogP contribution in [0, 0.1) is 0 Å². The summed E-state index contributed by atoms with van der Waals surface area (Å²) < 4.78 is 5.31. The number of hydrogen-bond acceptors (Lipinski definition) is 3. The molecule has 1 heterocycles. The van der Waals surface area contributed by atoms with Crippen LogP contribution in [0.25, 0.3) is 0 Å². The zero-order chi connectivity index (χ0) is 8.39. The second kappa shape index (κ2) is 3.73. The third-order valence-corrected chi connectivity index (χ3v) is 3.05. The van der Waals surface area contributed by atoms with Crippen molar-refractivity contribution >= 4 is 0 Å². The molecule has 70 valence electrons. The summed E-state index contributed by atoms with van der Waals surface area (Å²) in [5.41, 5.74) is 6.03. The van der Waals surface area contributed by atoms with Crippen LogP contribution in [0.5, 0.6) is 0 Å². The van der Waals surface area contributed by atoms with Gasteiger partial charge in [-0.25, -0.2) is 0 Å². The van der Waals surface area contributed by atoms with Crippen molar-refractivity contribution in [2.75, 3.05) is 26.3 Å². The number of nitrogens with zero attached hydrogens (tertiary/aromatic N) is 1. The zero-order valence-electron chi connectivity index (χ0n) is 7.54. The number of morpholine rings is 1. The van der Waals surface area contributed by atoms with E-state index in [-0.39, 0.29) is 0 Å². The van der Waals surface area contributed by atoms with Crippen molar-refractivity contribution in [3.63, 3.8) is 0 Å². The molecule has 2 rings (SSSR count). The molecule has 3 nitrogen and oxygen atoms in total. The van der Waals surface area contributed by atoms with Crippen LogP contribution in [0.15, 0.2) is 0 Å². The molecule has 1 saturated heterocycles. The first-order chi connectivity index (χ1) is 5.88. The van der Waals surface area contributed by atoms with Crippen molar-refractivity contribution in [1.82, 2.24) is 4.90 Å². The summed E-state index contributed by atoms with van der Waals surface area (Å²) in [5.74, 6) is 0. The van der Waals surface area contributed by atoms with Crippen molar-refractivity contribution in [3.05, 3.63) is 0 Å². The molecular formula is C9H18N2O. The van der Waals surface area contributed by atoms with Crippen molar-refractivity contribution in [3.8, 4) is 0 Å². The summed E-state index contributed by atoms with van der Waals surface area (Å²) in [4.78, 5) is 2.50. The second-order valence-corrected chi connectivity index (χ2v) is 3.81. The van der Waals surface area contributed by atoms with E-state index in [1.54, 1.807) is 0 Å². The molecular weight excluding hydrogens is 152 g/mol. The van der Waals surface area contributed by atoms with E-state index in [4.69, 9.17) is 10.5 Å². The summed E-state index contributed by atoms with van der Waals surface area (Å²) in [6, 6.07) is 1.07. The van der Waals surface area contributed by atoms with Gasteiger partial charge in [0.15, 0.2) is 0 Å². The average molecular weight is 170 g/mol. The van der Waals surface area contributed by atoms with Crippen molar-refractivity contribution < 1.29 is 4.74 Å². The lowest BCUT2D eigenvalue weighted by atomic mass is 10.1. The van der Waals surface area contributed by atoms with Crippen LogP contribution in [0.1, 0.15) is 19.3 Å². The first-order valence-corrected chi connectivity index (χ1v) is 4.95. The highest BCUT2D eigenvalue weighted by Crippen LogP contribution is 2.23. The maximum absolute atomic E-state index is 6.03. The van der Waals surface area contributed by atoms with Gasteiger partial charge in [0.2, 0.25) is 0 Å². The van der Waals surface area contributed by atoms with E-state index >= 15 is 0 Å². The van der Waals surface area contributed by atoms with E-state index in [2.05, 4.69) is 4.90 Å². The predicted octanol–water partition coefficient (Wildman–Crippen LogP) is 0.198. The van der Waals surface area contributed by atoms with Gasteiger partial charge in [0.05, 0.1) is 13.2 Å². The first kappa shape index (κ1) is 8.48. The minimum atomic E-state index is 0.420. The summed E-state index contributed by atoms with van der Waals surface area (Å²) in [7, 11) is 0. The SMILES string of the molecule is N[C@@H]1CCC[C@H]1N1CCOCC1. The fourth-order valence-corrected chi connectivity index (χ4v) is 2.33. The largest absolute Gasteiger partial charge is 0.379 e. The monoisotopic (exact) mass is 170 g/mol. The molecule has 0 radical (unpaired) electrons. The van der Waals surface area contributed by atoms with Crippen LogP contribution in [-0.4, -0.2) is 43.3 Å². The Hall–Kier alpha value is -0.120. The molecule has 0 aromatic rings. The van der Waals surface area contributed by atoms with E-state index < -0.39 is 0 Å². The smallest absolute Gasteiger partial charge is 0.0594 e. The molecule has 2 fully saturated rings. The van der Waals surface area contributed by atoms with Crippen molar-refractivity contribution in [2.45, 2.75) is 31.3 Å². The van der Waals surface area contributed by atoms with Crippen LogP contribution >= 0.6 is 0 Å². The van der Waals surface area contributed by atoms with Gasteiger partial charge in [0.25, 0.3) is 0 Å². The minimum absolute atomic E-state index is 0.420. The molecule has 1 aliphatic carbocycles. The number of nitrogens with two attached hydrogens (primary N) is 1. The maximum atomic E-state index is 6.03. The van der Waals surface area contributed by atoms with Gasteiger partial charge in [-0.1, -0.05) is 6.42 Å². The topological polar surface area (TPSA) is 38.5 Å². The summed E-state index contributed by atoms with van der Waals surface area (Å²) in [6.07, 6.45) is 3.81. The Balaban J connectivity index is 1.89. The Morgan fingerprint density at radius 3 is 2.50 bits per heavy atom. The molecule has 1 saturated carbocycles. The molecule has 0 spiro atoms. The van der Waals surface area contributed by atoms with Crippen LogP contribution in [0.3, 0.4) is 0 Å². The van der Waals surface area contributed by atoms with Gasteiger partial charge in [-0.05, 0) is 12.8 Å². The molecule has 0 aromatic heterocycles. The third-order valence-electron chi connectivity index (χ3n) is 3.05. The number of rotatable bonds is 1. The first-order valence-electron chi connectivity index (χ1n) is 4.95. The van der Waals surface area contributed by atoms with Crippen LogP contribution < -0.4 is 5.73 Å². The van der Waals surface area contributed by atoms with E-state index in [9.17, 15) is 0 Å². The molecule has 0 amide bonds. The van der Waals surface area contributed by atoms with Gasteiger partial charge >= 0.3 is 0 Å². The average Bonchev–Trinajstić information content (AvgIpc) is 2.53. The Labute approximate surface area is 73.9 Å². The molecule has 2 N–H and O–H groups in total. The van der Waals surface area contributed by atoms with E-state index in [0.29, 0.717) is 12.1 Å².